The molecule has 1 aliphatic rings. The van der Waals surface area contributed by atoms with Crippen molar-refractivity contribution in [1.29, 1.82) is 0 Å². The maximum absolute atomic E-state index is 13.0. The third kappa shape index (κ3) is 3.37. The average Bonchev–Trinajstić information content (AvgIpc) is 3.17. The summed E-state index contributed by atoms with van der Waals surface area (Å²) >= 11 is 0. The largest absolute Gasteiger partial charge is 0.492 e. The highest BCUT2D eigenvalue weighted by Gasteiger charge is 2.11. The van der Waals surface area contributed by atoms with Crippen LogP contribution in [0.1, 0.15) is 18.4 Å². The summed E-state index contributed by atoms with van der Waals surface area (Å²) in [5, 5.41) is 1.60. The van der Waals surface area contributed by atoms with Gasteiger partial charge in [-0.3, -0.25) is 14.3 Å². The SMILES string of the molecule is Cc1cc[c]cc1-n1ccc2ccc(OCCN3CCCC3)cc2c1=O. The van der Waals surface area contributed by atoms with Gasteiger partial charge in [0.1, 0.15) is 12.4 Å². The second-order valence-corrected chi connectivity index (χ2v) is 6.85. The Morgan fingerprint density at radius 2 is 2.00 bits per heavy atom. The Balaban J connectivity index is 1.61. The highest BCUT2D eigenvalue weighted by atomic mass is 16.5. The van der Waals surface area contributed by atoms with Crippen molar-refractivity contribution in [2.75, 3.05) is 26.2 Å². The number of nitrogens with zero attached hydrogens (tertiary/aromatic N) is 2. The molecule has 0 spiro atoms. The first-order valence-electron chi connectivity index (χ1n) is 9.20. The second kappa shape index (κ2) is 7.34. The molecule has 0 atom stereocenters. The van der Waals surface area contributed by atoms with Crippen LogP contribution in [0.5, 0.6) is 5.75 Å². The molecular formula is C22H23N2O2. The Morgan fingerprint density at radius 1 is 1.15 bits per heavy atom. The molecule has 26 heavy (non-hydrogen) atoms. The number of rotatable bonds is 5. The lowest BCUT2D eigenvalue weighted by Gasteiger charge is -2.15. The normalized spacial score (nSPS) is 14.8. The van der Waals surface area contributed by atoms with Crippen molar-refractivity contribution in [2.24, 2.45) is 0 Å². The van der Waals surface area contributed by atoms with E-state index in [1.54, 1.807) is 4.57 Å². The van der Waals surface area contributed by atoms with Gasteiger partial charge < -0.3 is 4.74 Å². The maximum Gasteiger partial charge on any atom is 0.263 e. The number of aromatic nitrogens is 1. The van der Waals surface area contributed by atoms with Gasteiger partial charge in [0.05, 0.1) is 11.1 Å². The van der Waals surface area contributed by atoms with E-state index < -0.39 is 0 Å². The fraction of sp³-hybridized carbons (Fsp3) is 0.318. The standard InChI is InChI=1S/C22H23N2O2/c1-17-6-2-3-7-21(17)24-13-10-18-8-9-19(16-20(18)22(24)25)26-15-14-23-11-4-5-12-23/h2,6-10,13,16H,4-5,11-12,14-15H2,1H3. The number of pyridine rings is 1. The molecule has 1 saturated heterocycles. The summed E-state index contributed by atoms with van der Waals surface area (Å²) in [4.78, 5) is 15.4. The van der Waals surface area contributed by atoms with E-state index in [4.69, 9.17) is 4.74 Å². The summed E-state index contributed by atoms with van der Waals surface area (Å²) in [5.41, 5.74) is 1.87. The number of ether oxygens (including phenoxy) is 1. The summed E-state index contributed by atoms with van der Waals surface area (Å²) in [6, 6.07) is 16.4. The van der Waals surface area contributed by atoms with E-state index in [1.165, 1.54) is 25.9 Å². The van der Waals surface area contributed by atoms with Gasteiger partial charge in [0.25, 0.3) is 5.56 Å². The Morgan fingerprint density at radius 3 is 2.81 bits per heavy atom. The van der Waals surface area contributed by atoms with Gasteiger partial charge >= 0.3 is 0 Å². The molecule has 1 fully saturated rings. The monoisotopic (exact) mass is 347 g/mol. The number of hydrogen-bond donors (Lipinski definition) is 0. The molecule has 1 radical (unpaired) electrons. The second-order valence-electron chi connectivity index (χ2n) is 6.85. The smallest absolute Gasteiger partial charge is 0.263 e. The molecule has 1 aliphatic heterocycles. The summed E-state index contributed by atoms with van der Waals surface area (Å²) in [7, 11) is 0. The molecule has 0 N–H and O–H groups in total. The zero-order valence-corrected chi connectivity index (χ0v) is 15.1. The van der Waals surface area contributed by atoms with Crippen molar-refractivity contribution >= 4 is 10.8 Å². The van der Waals surface area contributed by atoms with Gasteiger partial charge in [-0.25, -0.2) is 0 Å². The molecule has 4 rings (SSSR count). The fourth-order valence-corrected chi connectivity index (χ4v) is 3.56. The number of benzene rings is 2. The van der Waals surface area contributed by atoms with Crippen molar-refractivity contribution in [3.8, 4) is 11.4 Å². The van der Waals surface area contributed by atoms with Crippen LogP contribution >= 0.6 is 0 Å². The van der Waals surface area contributed by atoms with Gasteiger partial charge in [0.15, 0.2) is 0 Å². The Hall–Kier alpha value is -2.59. The Kier molecular flexibility index (Phi) is 4.76. The molecule has 3 aromatic rings. The van der Waals surface area contributed by atoms with Crippen LogP contribution in [0, 0.1) is 13.0 Å². The molecule has 4 nitrogen and oxygen atoms in total. The van der Waals surface area contributed by atoms with Crippen LogP contribution in [-0.4, -0.2) is 35.7 Å². The third-order valence-corrected chi connectivity index (χ3v) is 5.07. The van der Waals surface area contributed by atoms with E-state index in [0.717, 1.165) is 28.9 Å². The summed E-state index contributed by atoms with van der Waals surface area (Å²) in [5.74, 6) is 0.753. The number of fused-ring (bicyclic) bond motifs is 1. The molecule has 0 bridgehead atoms. The van der Waals surface area contributed by atoms with E-state index in [2.05, 4.69) is 11.0 Å². The summed E-state index contributed by atoms with van der Waals surface area (Å²) in [6.45, 7) is 5.92. The van der Waals surface area contributed by atoms with Crippen LogP contribution in [0.15, 0.2) is 53.5 Å². The Labute approximate surface area is 153 Å². The van der Waals surface area contributed by atoms with Crippen molar-refractivity contribution in [2.45, 2.75) is 19.8 Å². The van der Waals surface area contributed by atoms with E-state index in [-0.39, 0.29) is 5.56 Å². The minimum Gasteiger partial charge on any atom is -0.492 e. The zero-order chi connectivity index (χ0) is 17.9. The van der Waals surface area contributed by atoms with Crippen molar-refractivity contribution < 1.29 is 4.74 Å². The van der Waals surface area contributed by atoms with Crippen LogP contribution in [0.4, 0.5) is 0 Å². The molecule has 2 aromatic carbocycles. The molecule has 4 heteroatoms. The average molecular weight is 347 g/mol. The van der Waals surface area contributed by atoms with Gasteiger partial charge in [-0.1, -0.05) is 18.2 Å². The summed E-state index contributed by atoms with van der Waals surface area (Å²) in [6.07, 6.45) is 4.40. The number of aryl methyl sites for hydroxylation is 1. The van der Waals surface area contributed by atoms with Gasteiger partial charge in [0.2, 0.25) is 0 Å². The van der Waals surface area contributed by atoms with Crippen molar-refractivity contribution in [1.82, 2.24) is 9.47 Å². The molecule has 0 saturated carbocycles. The fourth-order valence-electron chi connectivity index (χ4n) is 3.56. The molecule has 133 valence electrons. The molecule has 2 heterocycles. The number of hydrogen-bond acceptors (Lipinski definition) is 3. The maximum atomic E-state index is 13.0. The van der Waals surface area contributed by atoms with E-state index in [0.29, 0.717) is 12.0 Å². The van der Waals surface area contributed by atoms with Crippen LogP contribution in [0.3, 0.4) is 0 Å². The highest BCUT2D eigenvalue weighted by molar-refractivity contribution is 5.83. The summed E-state index contributed by atoms with van der Waals surface area (Å²) < 4.78 is 7.59. The molecule has 0 aliphatic carbocycles. The minimum atomic E-state index is -0.0322. The van der Waals surface area contributed by atoms with Gasteiger partial charge in [-0.15, -0.1) is 0 Å². The van der Waals surface area contributed by atoms with Crippen molar-refractivity contribution in [3.63, 3.8) is 0 Å². The number of likely N-dealkylation sites (tertiary alicyclic amines) is 1. The van der Waals surface area contributed by atoms with Crippen LogP contribution in [0.2, 0.25) is 0 Å². The van der Waals surface area contributed by atoms with Gasteiger partial charge in [0, 0.05) is 12.7 Å². The first-order chi connectivity index (χ1) is 12.7. The third-order valence-electron chi connectivity index (χ3n) is 5.07. The molecule has 0 amide bonds. The molecule has 1 aromatic heterocycles. The Bertz CT molecular complexity index is 971. The lowest BCUT2D eigenvalue weighted by atomic mass is 10.1. The first kappa shape index (κ1) is 16.9. The van der Waals surface area contributed by atoms with Crippen LogP contribution in [0.25, 0.3) is 16.5 Å². The van der Waals surface area contributed by atoms with E-state index in [1.807, 2.05) is 55.6 Å². The lowest BCUT2D eigenvalue weighted by Crippen LogP contribution is -2.25. The first-order valence-corrected chi connectivity index (χ1v) is 9.20. The van der Waals surface area contributed by atoms with Crippen LogP contribution in [-0.2, 0) is 0 Å². The lowest BCUT2D eigenvalue weighted by molar-refractivity contribution is 0.238. The van der Waals surface area contributed by atoms with Gasteiger partial charge in [-0.05, 0) is 74.1 Å². The highest BCUT2D eigenvalue weighted by Crippen LogP contribution is 2.20. The van der Waals surface area contributed by atoms with Crippen LogP contribution < -0.4 is 10.3 Å². The predicted molar refractivity (Wildman–Crippen MR) is 104 cm³/mol. The zero-order valence-electron chi connectivity index (χ0n) is 15.1. The molecule has 0 unspecified atom stereocenters. The van der Waals surface area contributed by atoms with Gasteiger partial charge in [-0.2, -0.15) is 0 Å². The van der Waals surface area contributed by atoms with E-state index >= 15 is 0 Å². The van der Waals surface area contributed by atoms with Crippen molar-refractivity contribution in [3.05, 3.63) is 70.6 Å². The topological polar surface area (TPSA) is 34.5 Å². The van der Waals surface area contributed by atoms with E-state index in [9.17, 15) is 4.79 Å². The quantitative estimate of drug-likeness (QED) is 0.708. The minimum absolute atomic E-state index is 0.0322. The molecular weight excluding hydrogens is 324 g/mol. The predicted octanol–water partition coefficient (Wildman–Crippen LogP) is 3.57.